The lowest BCUT2D eigenvalue weighted by atomic mass is 10.1. The molecular formula is C25H22N2O2. The third-order valence-corrected chi connectivity index (χ3v) is 5.67. The van der Waals surface area contributed by atoms with Crippen molar-refractivity contribution in [3.8, 4) is 0 Å². The predicted octanol–water partition coefficient (Wildman–Crippen LogP) is 5.36. The summed E-state index contributed by atoms with van der Waals surface area (Å²) < 4.78 is 2.27. The fourth-order valence-electron chi connectivity index (χ4n) is 4.05. The highest BCUT2D eigenvalue weighted by atomic mass is 16.4. The summed E-state index contributed by atoms with van der Waals surface area (Å²) in [5, 5.41) is 14.0. The number of hydrogen-bond acceptors (Lipinski definition) is 2. The lowest BCUT2D eigenvalue weighted by molar-refractivity contribution is 0.0696. The third kappa shape index (κ3) is 3.61. The van der Waals surface area contributed by atoms with Gasteiger partial charge in [-0.15, -0.1) is 0 Å². The molecule has 1 fully saturated rings. The van der Waals surface area contributed by atoms with Gasteiger partial charge in [0.15, 0.2) is 0 Å². The molecule has 3 aromatic carbocycles. The van der Waals surface area contributed by atoms with Gasteiger partial charge in [0.05, 0.1) is 5.56 Å². The van der Waals surface area contributed by atoms with Crippen LogP contribution in [0.25, 0.3) is 10.9 Å². The maximum atomic E-state index is 11.2. The van der Waals surface area contributed by atoms with E-state index in [0.29, 0.717) is 17.5 Å². The van der Waals surface area contributed by atoms with Gasteiger partial charge in [-0.05, 0) is 53.9 Å². The van der Waals surface area contributed by atoms with Crippen LogP contribution < -0.4 is 5.32 Å². The number of nitrogens with one attached hydrogen (secondary N) is 1. The Morgan fingerprint density at radius 1 is 1.00 bits per heavy atom. The van der Waals surface area contributed by atoms with Gasteiger partial charge in [0.1, 0.15) is 0 Å². The Morgan fingerprint density at radius 2 is 1.86 bits per heavy atom. The van der Waals surface area contributed by atoms with Crippen LogP contribution in [0.1, 0.15) is 33.8 Å². The van der Waals surface area contributed by atoms with Gasteiger partial charge >= 0.3 is 5.97 Å². The largest absolute Gasteiger partial charge is 0.478 e. The van der Waals surface area contributed by atoms with Crippen molar-refractivity contribution in [1.82, 2.24) is 4.57 Å². The summed E-state index contributed by atoms with van der Waals surface area (Å²) in [7, 11) is 0. The van der Waals surface area contributed by atoms with Gasteiger partial charge in [0.2, 0.25) is 0 Å². The van der Waals surface area contributed by atoms with Crippen molar-refractivity contribution in [2.24, 2.45) is 0 Å². The molecule has 144 valence electrons. The van der Waals surface area contributed by atoms with E-state index < -0.39 is 5.97 Å². The Labute approximate surface area is 169 Å². The number of anilines is 1. The Morgan fingerprint density at radius 3 is 2.69 bits per heavy atom. The van der Waals surface area contributed by atoms with Gasteiger partial charge in [-0.2, -0.15) is 0 Å². The molecule has 2 unspecified atom stereocenters. The van der Waals surface area contributed by atoms with E-state index in [-0.39, 0.29) is 0 Å². The third-order valence-electron chi connectivity index (χ3n) is 5.67. The molecule has 0 spiro atoms. The number of aromatic carboxylic acids is 1. The van der Waals surface area contributed by atoms with Crippen LogP contribution >= 0.6 is 0 Å². The first kappa shape index (κ1) is 17.6. The Kier molecular flexibility index (Phi) is 4.32. The smallest absolute Gasteiger partial charge is 0.335 e. The normalized spacial score (nSPS) is 17.9. The fourth-order valence-corrected chi connectivity index (χ4v) is 4.05. The summed E-state index contributed by atoms with van der Waals surface area (Å²) in [6.07, 6.45) is 3.16. The van der Waals surface area contributed by atoms with E-state index in [0.717, 1.165) is 24.2 Å². The SMILES string of the molecule is O=C(O)c1cccc(C2CC2Nc2ccc3c(ccn3Cc3ccccc3)c2)c1. The molecule has 4 heteroatoms. The van der Waals surface area contributed by atoms with Crippen molar-refractivity contribution < 1.29 is 9.90 Å². The number of carboxylic acid groups (broad SMARTS) is 1. The van der Waals surface area contributed by atoms with Gasteiger partial charge in [-0.1, -0.05) is 42.5 Å². The number of rotatable bonds is 6. The molecule has 1 saturated carbocycles. The molecule has 0 saturated heterocycles. The van der Waals surface area contributed by atoms with E-state index >= 15 is 0 Å². The van der Waals surface area contributed by atoms with Crippen LogP contribution in [-0.2, 0) is 6.54 Å². The zero-order chi connectivity index (χ0) is 19.8. The molecule has 1 aromatic heterocycles. The van der Waals surface area contributed by atoms with E-state index in [1.165, 1.54) is 16.5 Å². The molecule has 0 amide bonds. The maximum absolute atomic E-state index is 11.2. The van der Waals surface area contributed by atoms with Crippen LogP contribution in [0.5, 0.6) is 0 Å². The van der Waals surface area contributed by atoms with E-state index in [2.05, 4.69) is 64.6 Å². The number of hydrogen-bond donors (Lipinski definition) is 2. The van der Waals surface area contributed by atoms with E-state index in [4.69, 9.17) is 0 Å². The summed E-state index contributed by atoms with van der Waals surface area (Å²) in [4.78, 5) is 11.2. The second-order valence-corrected chi connectivity index (χ2v) is 7.73. The molecule has 29 heavy (non-hydrogen) atoms. The molecule has 1 aliphatic rings. The van der Waals surface area contributed by atoms with Crippen molar-refractivity contribution in [3.63, 3.8) is 0 Å². The molecule has 0 radical (unpaired) electrons. The van der Waals surface area contributed by atoms with Crippen LogP contribution in [0.3, 0.4) is 0 Å². The zero-order valence-electron chi connectivity index (χ0n) is 16.0. The lowest BCUT2D eigenvalue weighted by Gasteiger charge is -2.09. The summed E-state index contributed by atoms with van der Waals surface area (Å²) >= 11 is 0. The van der Waals surface area contributed by atoms with Crippen molar-refractivity contribution >= 4 is 22.6 Å². The van der Waals surface area contributed by atoms with Crippen molar-refractivity contribution in [3.05, 3.63) is 102 Å². The van der Waals surface area contributed by atoms with Crippen LogP contribution in [0.15, 0.2) is 85.1 Å². The monoisotopic (exact) mass is 382 g/mol. The highest BCUT2D eigenvalue weighted by Gasteiger charge is 2.38. The summed E-state index contributed by atoms with van der Waals surface area (Å²) in [5.74, 6) is -0.504. The van der Waals surface area contributed by atoms with E-state index in [9.17, 15) is 9.90 Å². The highest BCUT2D eigenvalue weighted by molar-refractivity contribution is 5.88. The molecule has 1 aliphatic carbocycles. The minimum Gasteiger partial charge on any atom is -0.478 e. The van der Waals surface area contributed by atoms with Crippen LogP contribution in [0, 0.1) is 0 Å². The summed E-state index contributed by atoms with van der Waals surface area (Å²) in [6.45, 7) is 0.863. The predicted molar refractivity (Wildman–Crippen MR) is 116 cm³/mol. The van der Waals surface area contributed by atoms with Gasteiger partial charge in [-0.3, -0.25) is 0 Å². The molecular weight excluding hydrogens is 360 g/mol. The average molecular weight is 382 g/mol. The molecule has 5 rings (SSSR count). The first-order valence-electron chi connectivity index (χ1n) is 9.90. The maximum Gasteiger partial charge on any atom is 0.335 e. The quantitative estimate of drug-likeness (QED) is 0.472. The summed E-state index contributed by atoms with van der Waals surface area (Å²) in [5.41, 5.74) is 5.07. The van der Waals surface area contributed by atoms with Crippen molar-refractivity contribution in [2.45, 2.75) is 24.9 Å². The van der Waals surface area contributed by atoms with E-state index in [1.807, 2.05) is 18.2 Å². The molecule has 0 bridgehead atoms. The van der Waals surface area contributed by atoms with E-state index in [1.54, 1.807) is 12.1 Å². The Hall–Kier alpha value is -3.53. The minimum absolute atomic E-state index is 0.350. The minimum atomic E-state index is -0.873. The number of fused-ring (bicyclic) bond motifs is 1. The highest BCUT2D eigenvalue weighted by Crippen LogP contribution is 2.43. The average Bonchev–Trinajstić information content (AvgIpc) is 3.40. The van der Waals surface area contributed by atoms with Gasteiger partial charge < -0.3 is 15.0 Å². The number of benzene rings is 3. The number of carboxylic acids is 1. The molecule has 4 nitrogen and oxygen atoms in total. The Bertz CT molecular complexity index is 1180. The van der Waals surface area contributed by atoms with Gasteiger partial charge in [-0.25, -0.2) is 4.79 Å². The molecule has 0 aliphatic heterocycles. The molecule has 1 heterocycles. The first-order valence-corrected chi connectivity index (χ1v) is 9.90. The second kappa shape index (κ2) is 7.13. The van der Waals surface area contributed by atoms with Gasteiger partial charge in [0, 0.05) is 41.3 Å². The van der Waals surface area contributed by atoms with Crippen LogP contribution in [0.2, 0.25) is 0 Å². The number of nitrogens with zero attached hydrogens (tertiary/aromatic N) is 1. The fraction of sp³-hybridized carbons (Fsp3) is 0.160. The first-order chi connectivity index (χ1) is 14.2. The summed E-state index contributed by atoms with van der Waals surface area (Å²) in [6, 6.07) is 26.8. The number of aromatic nitrogens is 1. The van der Waals surface area contributed by atoms with Crippen LogP contribution in [0.4, 0.5) is 5.69 Å². The van der Waals surface area contributed by atoms with Crippen LogP contribution in [-0.4, -0.2) is 21.7 Å². The van der Waals surface area contributed by atoms with Gasteiger partial charge in [0.25, 0.3) is 0 Å². The molecule has 2 atom stereocenters. The lowest BCUT2D eigenvalue weighted by Crippen LogP contribution is -2.05. The Balaban J connectivity index is 1.30. The molecule has 2 N–H and O–H groups in total. The van der Waals surface area contributed by atoms with Crippen molar-refractivity contribution in [1.29, 1.82) is 0 Å². The van der Waals surface area contributed by atoms with Crippen molar-refractivity contribution in [2.75, 3.05) is 5.32 Å². The second-order valence-electron chi connectivity index (χ2n) is 7.73. The zero-order valence-corrected chi connectivity index (χ0v) is 16.0. The topological polar surface area (TPSA) is 54.3 Å². The molecule has 4 aromatic rings. The number of carbonyl (C=O) groups is 1. The standard InChI is InChI=1S/C25H22N2O2/c28-25(29)20-8-4-7-18(13-20)22-15-23(22)26-21-9-10-24-19(14-21)11-12-27(24)16-17-5-2-1-3-6-17/h1-14,22-23,26H,15-16H2,(H,28,29).